The third-order valence-corrected chi connectivity index (χ3v) is 8.44. The summed E-state index contributed by atoms with van der Waals surface area (Å²) >= 11 is 14.6. The molecule has 0 aliphatic heterocycles. The monoisotopic (exact) mass is 709 g/mol. The highest BCUT2D eigenvalue weighted by atomic mass is 79.9. The average molecular weight is 711 g/mol. The van der Waals surface area contributed by atoms with Crippen LogP contribution in [0.25, 0.3) is 5.83 Å². The summed E-state index contributed by atoms with van der Waals surface area (Å²) in [6.45, 7) is 1.11. The van der Waals surface area contributed by atoms with Crippen molar-refractivity contribution in [3.63, 3.8) is 0 Å². The molecule has 0 aliphatic rings. The first-order chi connectivity index (χ1) is 18.1. The molecule has 0 saturated heterocycles. The number of amides is 1. The average Bonchev–Trinajstić information content (AvgIpc) is 2.77. The summed E-state index contributed by atoms with van der Waals surface area (Å²) in [6, 6.07) is 1.66. The van der Waals surface area contributed by atoms with Crippen molar-refractivity contribution in [2.24, 2.45) is 0 Å². The number of hydrogen-bond donors (Lipinski definition) is 1. The SMILES string of the molecule is CC(CS(=O)CC(F)(F)F)NC(=O)c1ccc(/C(F)=C/C(c2cc(Cl)c(Br)c(Cl)c2)C(F)(F)F)cc1C(F)(F)F. The predicted octanol–water partition coefficient (Wildman–Crippen LogP) is 8.86. The Morgan fingerprint density at radius 2 is 1.57 bits per heavy atom. The first-order valence-corrected chi connectivity index (χ1v) is 13.7. The molecule has 2 aromatic rings. The Hall–Kier alpha value is -1.84. The number of carbonyl (C=O) groups excluding carboxylic acids is 1. The molecule has 40 heavy (non-hydrogen) atoms. The van der Waals surface area contributed by atoms with Crippen LogP contribution in [0.15, 0.2) is 40.9 Å². The molecule has 0 spiro atoms. The van der Waals surface area contributed by atoms with E-state index in [0.29, 0.717) is 12.1 Å². The van der Waals surface area contributed by atoms with Gasteiger partial charge in [0.15, 0.2) is 0 Å². The van der Waals surface area contributed by atoms with Crippen LogP contribution < -0.4 is 5.32 Å². The van der Waals surface area contributed by atoms with Gasteiger partial charge in [0.25, 0.3) is 5.91 Å². The predicted molar refractivity (Wildman–Crippen MR) is 134 cm³/mol. The van der Waals surface area contributed by atoms with E-state index in [1.807, 2.05) is 5.32 Å². The van der Waals surface area contributed by atoms with Gasteiger partial charge in [-0.25, -0.2) is 4.39 Å². The van der Waals surface area contributed by atoms with Crippen LogP contribution in [0.2, 0.25) is 10.0 Å². The van der Waals surface area contributed by atoms with Crippen LogP contribution in [0.3, 0.4) is 0 Å². The van der Waals surface area contributed by atoms with E-state index in [0.717, 1.165) is 19.1 Å². The largest absolute Gasteiger partial charge is 0.417 e. The topological polar surface area (TPSA) is 46.2 Å². The van der Waals surface area contributed by atoms with Crippen molar-refractivity contribution in [3.05, 3.63) is 73.2 Å². The lowest BCUT2D eigenvalue weighted by molar-refractivity contribution is -0.140. The van der Waals surface area contributed by atoms with E-state index < -0.39 is 86.8 Å². The number of benzene rings is 2. The molecule has 222 valence electrons. The number of halogens is 13. The highest BCUT2D eigenvalue weighted by Crippen LogP contribution is 2.43. The molecule has 3 unspecified atom stereocenters. The van der Waals surface area contributed by atoms with Gasteiger partial charge in [0.1, 0.15) is 17.5 Å². The van der Waals surface area contributed by atoms with Gasteiger partial charge in [-0.05, 0) is 58.8 Å². The summed E-state index contributed by atoms with van der Waals surface area (Å²) in [5, 5.41) is 1.50. The lowest BCUT2D eigenvalue weighted by Crippen LogP contribution is -2.38. The summed E-state index contributed by atoms with van der Waals surface area (Å²) in [6.07, 6.45) is -15.2. The molecule has 2 rings (SSSR count). The number of allylic oxidation sites excluding steroid dienone is 1. The number of carbonyl (C=O) groups is 1. The highest BCUT2D eigenvalue weighted by molar-refractivity contribution is 9.10. The van der Waals surface area contributed by atoms with Crippen LogP contribution in [0.1, 0.15) is 39.9 Å². The molecule has 0 radical (unpaired) electrons. The molecule has 3 nitrogen and oxygen atoms in total. The second-order valence-corrected chi connectivity index (χ2v) is 11.4. The van der Waals surface area contributed by atoms with E-state index in [4.69, 9.17) is 23.2 Å². The molecular formula is C23H16BrCl2F10NO2S. The number of rotatable bonds is 8. The van der Waals surface area contributed by atoms with Crippen LogP contribution in [-0.2, 0) is 17.0 Å². The molecule has 0 bridgehead atoms. The summed E-state index contributed by atoms with van der Waals surface area (Å²) in [5.74, 6) is -8.26. The molecule has 0 aliphatic carbocycles. The van der Waals surface area contributed by atoms with Gasteiger partial charge in [-0.1, -0.05) is 29.3 Å². The molecule has 0 heterocycles. The van der Waals surface area contributed by atoms with Crippen LogP contribution in [0.4, 0.5) is 43.9 Å². The fraction of sp³-hybridized carbons (Fsp3) is 0.348. The minimum atomic E-state index is -5.29. The van der Waals surface area contributed by atoms with Crippen LogP contribution in [0, 0.1) is 0 Å². The molecule has 3 atom stereocenters. The summed E-state index contributed by atoms with van der Waals surface area (Å²) < 4.78 is 146. The fourth-order valence-corrected chi connectivity index (χ4v) is 5.22. The van der Waals surface area contributed by atoms with Crippen molar-refractivity contribution in [1.29, 1.82) is 0 Å². The summed E-state index contributed by atoms with van der Waals surface area (Å²) in [7, 11) is -2.49. The lowest BCUT2D eigenvalue weighted by Gasteiger charge is -2.20. The highest BCUT2D eigenvalue weighted by Gasteiger charge is 2.41. The van der Waals surface area contributed by atoms with E-state index in [-0.39, 0.29) is 26.7 Å². The lowest BCUT2D eigenvalue weighted by atomic mass is 9.95. The maximum Gasteiger partial charge on any atom is 0.417 e. The summed E-state index contributed by atoms with van der Waals surface area (Å²) in [4.78, 5) is 12.4. The summed E-state index contributed by atoms with van der Waals surface area (Å²) in [5.41, 5.74) is -4.37. The maximum atomic E-state index is 15.0. The first-order valence-electron chi connectivity index (χ1n) is 10.6. The van der Waals surface area contributed by atoms with E-state index in [1.54, 1.807) is 0 Å². The number of alkyl halides is 9. The smallest absolute Gasteiger partial charge is 0.349 e. The Bertz CT molecular complexity index is 1290. The van der Waals surface area contributed by atoms with E-state index in [2.05, 4.69) is 15.9 Å². The Kier molecular flexibility index (Phi) is 11.2. The molecule has 17 heteroatoms. The van der Waals surface area contributed by atoms with E-state index in [9.17, 15) is 52.9 Å². The molecule has 0 saturated carbocycles. The van der Waals surface area contributed by atoms with Crippen LogP contribution in [0.5, 0.6) is 0 Å². The third kappa shape index (κ3) is 9.62. The van der Waals surface area contributed by atoms with Crippen molar-refractivity contribution >= 4 is 61.7 Å². The van der Waals surface area contributed by atoms with Crippen molar-refractivity contribution in [3.8, 4) is 0 Å². The Morgan fingerprint density at radius 3 is 2.05 bits per heavy atom. The zero-order valence-electron chi connectivity index (χ0n) is 19.7. The Morgan fingerprint density at radius 1 is 1.02 bits per heavy atom. The zero-order chi connectivity index (χ0) is 30.8. The standard InChI is InChI=1S/C23H16BrCl2F10NO2S/c1-10(8-40(39)9-21(28,29)30)37-20(38)13-3-2-11(4-15(13)23(34,35)36)18(27)7-14(22(31,32)33)12-5-16(25)19(24)17(26)6-12/h2-7,10,14H,8-9H2,1H3,(H,37,38)/b18-7-. The van der Waals surface area contributed by atoms with Crippen molar-refractivity contribution in [2.45, 2.75) is 37.4 Å². The van der Waals surface area contributed by atoms with Crippen LogP contribution >= 0.6 is 39.1 Å². The van der Waals surface area contributed by atoms with Gasteiger partial charge in [-0.3, -0.25) is 9.00 Å². The molecule has 0 aromatic heterocycles. The van der Waals surface area contributed by atoms with Gasteiger partial charge < -0.3 is 5.32 Å². The number of hydrogen-bond acceptors (Lipinski definition) is 2. The maximum absolute atomic E-state index is 15.0. The molecular weight excluding hydrogens is 695 g/mol. The van der Waals surface area contributed by atoms with Gasteiger partial charge in [-0.2, -0.15) is 39.5 Å². The van der Waals surface area contributed by atoms with Gasteiger partial charge in [0, 0.05) is 28.2 Å². The normalized spacial score (nSPS) is 15.5. The Balaban J connectivity index is 2.44. The minimum absolute atomic E-state index is 0.0170. The van der Waals surface area contributed by atoms with Gasteiger partial charge in [-0.15, -0.1) is 0 Å². The van der Waals surface area contributed by atoms with Gasteiger partial charge in [0.2, 0.25) is 0 Å². The second kappa shape index (κ2) is 13.0. The van der Waals surface area contributed by atoms with E-state index >= 15 is 0 Å². The van der Waals surface area contributed by atoms with Gasteiger partial charge >= 0.3 is 18.5 Å². The van der Waals surface area contributed by atoms with E-state index in [1.165, 1.54) is 0 Å². The minimum Gasteiger partial charge on any atom is -0.349 e. The second-order valence-electron chi connectivity index (χ2n) is 8.33. The third-order valence-electron chi connectivity index (χ3n) is 5.01. The molecule has 1 amide bonds. The zero-order valence-corrected chi connectivity index (χ0v) is 23.6. The van der Waals surface area contributed by atoms with Crippen molar-refractivity contribution in [1.82, 2.24) is 5.32 Å². The van der Waals surface area contributed by atoms with Crippen molar-refractivity contribution in [2.75, 3.05) is 11.5 Å². The first kappa shape index (κ1) is 34.4. The Labute approximate surface area is 241 Å². The van der Waals surface area contributed by atoms with Gasteiger partial charge in [0.05, 0.1) is 25.6 Å². The quantitative estimate of drug-likeness (QED) is 0.220. The molecule has 1 N–H and O–H groups in total. The van der Waals surface area contributed by atoms with Crippen molar-refractivity contribution < 1.29 is 52.9 Å². The van der Waals surface area contributed by atoms with Crippen LogP contribution in [-0.4, -0.2) is 40.0 Å². The molecule has 0 fully saturated rings. The molecule has 2 aromatic carbocycles. The fourth-order valence-electron chi connectivity index (χ4n) is 3.37. The number of nitrogens with one attached hydrogen (secondary N) is 1.